The van der Waals surface area contributed by atoms with Gasteiger partial charge in [-0.15, -0.1) is 0 Å². The van der Waals surface area contributed by atoms with Crippen LogP contribution in [0.15, 0.2) is 114 Å². The summed E-state index contributed by atoms with van der Waals surface area (Å²) in [5, 5.41) is 17.7. The molecule has 6 heteroatoms. The third kappa shape index (κ3) is 9.83. The molecule has 0 saturated carbocycles. The third-order valence-electron chi connectivity index (χ3n) is 8.28. The van der Waals surface area contributed by atoms with Crippen LogP contribution in [0.4, 0.5) is 0 Å². The van der Waals surface area contributed by atoms with Gasteiger partial charge in [0.05, 0.1) is 11.4 Å². The highest BCUT2D eigenvalue weighted by atomic mass is 79.9. The average molecular weight is 700 g/mol. The maximum atomic E-state index is 8.83. The van der Waals surface area contributed by atoms with Crippen molar-refractivity contribution >= 4 is 28.5 Å². The quantitative estimate of drug-likeness (QED) is 0.180. The molecule has 6 aromatic rings. The lowest BCUT2D eigenvalue weighted by atomic mass is 9.79. The van der Waals surface area contributed by atoms with Crippen molar-refractivity contribution in [1.82, 2.24) is 9.97 Å². The summed E-state index contributed by atoms with van der Waals surface area (Å²) in [5.74, 6) is 0. The molecule has 0 radical (unpaired) electrons. The molecule has 6 rings (SSSR count). The summed E-state index contributed by atoms with van der Waals surface area (Å²) in [6.07, 6.45) is 3.75. The second kappa shape index (κ2) is 16.7. The van der Waals surface area contributed by atoms with Crippen LogP contribution in [-0.2, 0) is 0 Å². The first-order valence-corrected chi connectivity index (χ1v) is 16.9. The standard InChI is InChI=1S/C21H21N.C13H12BrN.C8H11BO2/c1-14-10-15(2)12-20(11-14)18-6-5-7-19(13-18)21-17(4)16(3)8-9-22-21;1-9-6-7-15-13(10(9)2)11-4-3-5-12(14)8-11;1-6-3-7(2)5-8(4-6)9(10)11/h5-13H,1-4H3;3-8H,1-2H3;3-5,10-11H,1-2H3. The van der Waals surface area contributed by atoms with Crippen LogP contribution < -0.4 is 5.46 Å². The number of rotatable bonds is 4. The molecule has 4 aromatic carbocycles. The molecular formula is C42H44BBrN2O2. The Morgan fingerprint density at radius 3 is 1.40 bits per heavy atom. The van der Waals surface area contributed by atoms with E-state index in [1.54, 1.807) is 12.1 Å². The SMILES string of the molecule is Cc1cc(C)cc(-c2cccc(-c3nccc(C)c3C)c2)c1.Cc1cc(C)cc(B(O)O)c1.Cc1ccnc(-c2cccc(Br)c2)c1C. The molecule has 0 saturated heterocycles. The molecule has 0 bridgehead atoms. The minimum Gasteiger partial charge on any atom is -0.423 e. The normalized spacial score (nSPS) is 10.4. The molecule has 2 N–H and O–H groups in total. The number of halogens is 1. The van der Waals surface area contributed by atoms with Gasteiger partial charge in [0.15, 0.2) is 0 Å². The number of benzene rings is 4. The average Bonchev–Trinajstić information content (AvgIpc) is 3.03. The number of pyridine rings is 2. The first-order valence-electron chi connectivity index (χ1n) is 16.1. The summed E-state index contributed by atoms with van der Waals surface area (Å²) < 4.78 is 1.09. The highest BCUT2D eigenvalue weighted by Gasteiger charge is 2.11. The summed E-state index contributed by atoms with van der Waals surface area (Å²) in [6, 6.07) is 33.2. The van der Waals surface area contributed by atoms with Gasteiger partial charge in [-0.1, -0.05) is 105 Å². The number of aryl methyl sites for hydroxylation is 6. The second-order valence-electron chi connectivity index (χ2n) is 12.5. The van der Waals surface area contributed by atoms with Crippen LogP contribution in [0.25, 0.3) is 33.6 Å². The second-order valence-corrected chi connectivity index (χ2v) is 13.4. The molecule has 0 spiro atoms. The van der Waals surface area contributed by atoms with Gasteiger partial charge >= 0.3 is 7.12 Å². The van der Waals surface area contributed by atoms with E-state index >= 15 is 0 Å². The smallest absolute Gasteiger partial charge is 0.423 e. The van der Waals surface area contributed by atoms with Crippen LogP contribution in [0.1, 0.15) is 44.5 Å². The number of hydrogen-bond acceptors (Lipinski definition) is 4. The van der Waals surface area contributed by atoms with Gasteiger partial charge in [0.1, 0.15) is 0 Å². The van der Waals surface area contributed by atoms with Crippen molar-refractivity contribution in [2.24, 2.45) is 0 Å². The fourth-order valence-electron chi connectivity index (χ4n) is 5.63. The van der Waals surface area contributed by atoms with Crippen LogP contribution in [0.3, 0.4) is 0 Å². The first-order chi connectivity index (χ1) is 22.8. The molecule has 244 valence electrons. The lowest BCUT2D eigenvalue weighted by Crippen LogP contribution is -2.30. The Morgan fingerprint density at radius 1 is 0.479 bits per heavy atom. The van der Waals surface area contributed by atoms with Crippen LogP contribution >= 0.6 is 15.9 Å². The zero-order valence-electron chi connectivity index (χ0n) is 29.1. The molecule has 2 heterocycles. The molecule has 0 aliphatic carbocycles. The maximum absolute atomic E-state index is 8.83. The number of nitrogens with zero attached hydrogens (tertiary/aromatic N) is 2. The van der Waals surface area contributed by atoms with Gasteiger partial charge in [0.2, 0.25) is 0 Å². The van der Waals surface area contributed by atoms with Crippen LogP contribution in [0.2, 0.25) is 0 Å². The van der Waals surface area contributed by atoms with E-state index in [1.807, 2.05) is 50.5 Å². The summed E-state index contributed by atoms with van der Waals surface area (Å²) in [6.45, 7) is 16.6. The molecule has 0 fully saturated rings. The minimum atomic E-state index is -1.35. The van der Waals surface area contributed by atoms with Gasteiger partial charge in [0, 0.05) is 28.0 Å². The van der Waals surface area contributed by atoms with Gasteiger partial charge in [-0.05, 0) is 125 Å². The Balaban J connectivity index is 0.000000174. The Kier molecular flexibility index (Phi) is 12.7. The molecule has 2 aromatic heterocycles. The third-order valence-corrected chi connectivity index (χ3v) is 8.77. The topological polar surface area (TPSA) is 66.2 Å². The van der Waals surface area contributed by atoms with Crippen molar-refractivity contribution < 1.29 is 10.0 Å². The van der Waals surface area contributed by atoms with Crippen molar-refractivity contribution in [3.05, 3.63) is 158 Å². The van der Waals surface area contributed by atoms with Gasteiger partial charge in [0.25, 0.3) is 0 Å². The van der Waals surface area contributed by atoms with Crippen LogP contribution in [0, 0.1) is 55.4 Å². The summed E-state index contributed by atoms with van der Waals surface area (Å²) >= 11 is 3.47. The summed E-state index contributed by atoms with van der Waals surface area (Å²) in [5.41, 5.74) is 17.3. The van der Waals surface area contributed by atoms with E-state index < -0.39 is 7.12 Å². The van der Waals surface area contributed by atoms with Crippen LogP contribution in [-0.4, -0.2) is 27.1 Å². The Bertz CT molecular complexity index is 1980. The van der Waals surface area contributed by atoms with E-state index in [0.29, 0.717) is 5.46 Å². The Hall–Kier alpha value is -4.36. The lowest BCUT2D eigenvalue weighted by molar-refractivity contribution is 0.425. The number of hydrogen-bond donors (Lipinski definition) is 2. The minimum absolute atomic E-state index is 0.558. The molecule has 0 unspecified atom stereocenters. The van der Waals surface area contributed by atoms with Crippen LogP contribution in [0.5, 0.6) is 0 Å². The van der Waals surface area contributed by atoms with E-state index in [2.05, 4.69) is 128 Å². The fraction of sp³-hybridized carbons (Fsp3) is 0.190. The highest BCUT2D eigenvalue weighted by molar-refractivity contribution is 9.10. The molecule has 48 heavy (non-hydrogen) atoms. The molecule has 0 amide bonds. The monoisotopic (exact) mass is 698 g/mol. The molecular weight excluding hydrogens is 655 g/mol. The lowest BCUT2D eigenvalue weighted by Gasteiger charge is -2.10. The predicted molar refractivity (Wildman–Crippen MR) is 207 cm³/mol. The molecule has 0 atom stereocenters. The summed E-state index contributed by atoms with van der Waals surface area (Å²) in [4.78, 5) is 9.01. The molecule has 4 nitrogen and oxygen atoms in total. The Morgan fingerprint density at radius 2 is 0.917 bits per heavy atom. The van der Waals surface area contributed by atoms with Crippen molar-refractivity contribution in [3.63, 3.8) is 0 Å². The van der Waals surface area contributed by atoms with E-state index in [1.165, 1.54) is 50.1 Å². The van der Waals surface area contributed by atoms with E-state index in [9.17, 15) is 0 Å². The van der Waals surface area contributed by atoms with E-state index in [4.69, 9.17) is 10.0 Å². The molecule has 0 aliphatic rings. The predicted octanol–water partition coefficient (Wildman–Crippen LogP) is 9.76. The maximum Gasteiger partial charge on any atom is 0.488 e. The van der Waals surface area contributed by atoms with Crippen molar-refractivity contribution in [2.45, 2.75) is 55.4 Å². The highest BCUT2D eigenvalue weighted by Crippen LogP contribution is 2.29. The van der Waals surface area contributed by atoms with E-state index in [-0.39, 0.29) is 0 Å². The molecule has 0 aliphatic heterocycles. The zero-order chi connectivity index (χ0) is 35.0. The van der Waals surface area contributed by atoms with Crippen molar-refractivity contribution in [1.29, 1.82) is 0 Å². The fourth-order valence-corrected chi connectivity index (χ4v) is 6.03. The van der Waals surface area contributed by atoms with Gasteiger partial charge in [-0.25, -0.2) is 0 Å². The van der Waals surface area contributed by atoms with E-state index in [0.717, 1.165) is 32.6 Å². The largest absolute Gasteiger partial charge is 0.488 e. The van der Waals surface area contributed by atoms with Gasteiger partial charge in [-0.2, -0.15) is 0 Å². The zero-order valence-corrected chi connectivity index (χ0v) is 30.7. The van der Waals surface area contributed by atoms with Gasteiger partial charge < -0.3 is 10.0 Å². The van der Waals surface area contributed by atoms with Crippen molar-refractivity contribution in [2.75, 3.05) is 0 Å². The number of aromatic nitrogens is 2. The Labute approximate surface area is 294 Å². The first kappa shape index (κ1) is 36.5. The summed E-state index contributed by atoms with van der Waals surface area (Å²) in [7, 11) is -1.35. The van der Waals surface area contributed by atoms with Gasteiger partial charge in [-0.3, -0.25) is 9.97 Å². The van der Waals surface area contributed by atoms with Crippen molar-refractivity contribution in [3.8, 4) is 33.6 Å².